The van der Waals surface area contributed by atoms with Crippen LogP contribution < -0.4 is 5.32 Å². The molecule has 1 N–H and O–H groups in total. The molecule has 4 nitrogen and oxygen atoms in total. The Labute approximate surface area is 153 Å². The van der Waals surface area contributed by atoms with Crippen LogP contribution in [0.3, 0.4) is 0 Å². The molecule has 5 heteroatoms. The smallest absolute Gasteiger partial charge is 0.224 e. The van der Waals surface area contributed by atoms with E-state index in [4.69, 9.17) is 16.3 Å². The van der Waals surface area contributed by atoms with Crippen LogP contribution in [0.15, 0.2) is 54.6 Å². The third-order valence-electron chi connectivity index (χ3n) is 4.28. The lowest BCUT2D eigenvalue weighted by atomic mass is 10.1. The van der Waals surface area contributed by atoms with Crippen LogP contribution in [-0.2, 0) is 22.5 Å². The van der Waals surface area contributed by atoms with Crippen LogP contribution in [0.1, 0.15) is 11.1 Å². The molecule has 0 bridgehead atoms. The van der Waals surface area contributed by atoms with Crippen molar-refractivity contribution >= 4 is 17.5 Å². The van der Waals surface area contributed by atoms with E-state index in [2.05, 4.69) is 34.5 Å². The number of carbonyl (C=O) groups excluding carboxylic acids is 1. The number of morpholine rings is 1. The van der Waals surface area contributed by atoms with Gasteiger partial charge in [-0.3, -0.25) is 9.69 Å². The van der Waals surface area contributed by atoms with Gasteiger partial charge in [0.05, 0.1) is 19.1 Å². The predicted molar refractivity (Wildman–Crippen MR) is 99.6 cm³/mol. The minimum atomic E-state index is 0.00565. The summed E-state index contributed by atoms with van der Waals surface area (Å²) in [5.74, 6) is 0.00565. The molecule has 1 aliphatic heterocycles. The number of rotatable bonds is 6. The van der Waals surface area contributed by atoms with Crippen molar-refractivity contribution in [3.05, 3.63) is 70.7 Å². The first-order valence-electron chi connectivity index (χ1n) is 8.58. The van der Waals surface area contributed by atoms with Crippen molar-refractivity contribution in [1.82, 2.24) is 10.2 Å². The monoisotopic (exact) mass is 358 g/mol. The van der Waals surface area contributed by atoms with Crippen molar-refractivity contribution < 1.29 is 9.53 Å². The van der Waals surface area contributed by atoms with Gasteiger partial charge in [0.2, 0.25) is 5.91 Å². The molecule has 0 radical (unpaired) electrons. The summed E-state index contributed by atoms with van der Waals surface area (Å²) < 4.78 is 5.79. The number of nitrogens with zero attached hydrogens (tertiary/aromatic N) is 1. The minimum absolute atomic E-state index is 0.00565. The second kappa shape index (κ2) is 8.99. The Hall–Kier alpha value is -1.88. The van der Waals surface area contributed by atoms with Crippen molar-refractivity contribution in [3.63, 3.8) is 0 Å². The molecule has 0 saturated carbocycles. The summed E-state index contributed by atoms with van der Waals surface area (Å²) in [6.45, 7) is 3.90. The molecule has 25 heavy (non-hydrogen) atoms. The maximum atomic E-state index is 12.1. The Morgan fingerprint density at radius 2 is 1.88 bits per heavy atom. The van der Waals surface area contributed by atoms with E-state index < -0.39 is 0 Å². The van der Waals surface area contributed by atoms with E-state index in [1.807, 2.05) is 18.2 Å². The van der Waals surface area contributed by atoms with E-state index in [1.165, 1.54) is 5.56 Å². The summed E-state index contributed by atoms with van der Waals surface area (Å²) in [4.78, 5) is 14.5. The van der Waals surface area contributed by atoms with Crippen LogP contribution in [0.5, 0.6) is 0 Å². The molecule has 2 aromatic rings. The van der Waals surface area contributed by atoms with Gasteiger partial charge in [-0.1, -0.05) is 54.1 Å². The average Bonchev–Trinajstić information content (AvgIpc) is 2.63. The summed E-state index contributed by atoms with van der Waals surface area (Å²) in [6.07, 6.45) is 0.393. The van der Waals surface area contributed by atoms with E-state index >= 15 is 0 Å². The van der Waals surface area contributed by atoms with E-state index in [9.17, 15) is 4.79 Å². The molecule has 1 amide bonds. The largest absolute Gasteiger partial charge is 0.374 e. The van der Waals surface area contributed by atoms with Gasteiger partial charge in [-0.25, -0.2) is 0 Å². The number of amides is 1. The molecular formula is C20H23ClN2O2. The highest BCUT2D eigenvalue weighted by atomic mass is 35.5. The lowest BCUT2D eigenvalue weighted by Crippen LogP contribution is -2.47. The number of hydrogen-bond donors (Lipinski definition) is 1. The Morgan fingerprint density at radius 3 is 2.64 bits per heavy atom. The number of ether oxygens (including phenoxy) is 1. The van der Waals surface area contributed by atoms with Crippen molar-refractivity contribution in [2.45, 2.75) is 19.1 Å². The first kappa shape index (κ1) is 17.9. The van der Waals surface area contributed by atoms with Gasteiger partial charge >= 0.3 is 0 Å². The predicted octanol–water partition coefficient (Wildman–Crippen LogP) is 2.90. The SMILES string of the molecule is O=C(Cc1ccc(Cl)cc1)NCC1CN(Cc2ccccc2)CCO1. The molecule has 1 unspecified atom stereocenters. The van der Waals surface area contributed by atoms with E-state index in [-0.39, 0.29) is 12.0 Å². The van der Waals surface area contributed by atoms with Gasteiger partial charge in [-0.15, -0.1) is 0 Å². The molecule has 0 aliphatic carbocycles. The molecule has 1 fully saturated rings. The average molecular weight is 359 g/mol. The first-order valence-corrected chi connectivity index (χ1v) is 8.96. The molecule has 1 saturated heterocycles. The number of carbonyl (C=O) groups is 1. The zero-order valence-electron chi connectivity index (χ0n) is 14.2. The van der Waals surface area contributed by atoms with Gasteiger partial charge in [0, 0.05) is 31.2 Å². The van der Waals surface area contributed by atoms with Crippen LogP contribution >= 0.6 is 11.6 Å². The maximum Gasteiger partial charge on any atom is 0.224 e. The molecule has 3 rings (SSSR count). The van der Waals surface area contributed by atoms with Crippen LogP contribution in [-0.4, -0.2) is 43.2 Å². The Balaban J connectivity index is 1.43. The summed E-state index contributed by atoms with van der Waals surface area (Å²) in [5.41, 5.74) is 2.26. The molecule has 0 spiro atoms. The van der Waals surface area contributed by atoms with Gasteiger partial charge in [0.15, 0.2) is 0 Å². The van der Waals surface area contributed by atoms with Gasteiger partial charge in [-0.2, -0.15) is 0 Å². The topological polar surface area (TPSA) is 41.6 Å². The zero-order valence-corrected chi connectivity index (χ0v) is 14.9. The number of nitrogens with one attached hydrogen (secondary N) is 1. The Kier molecular flexibility index (Phi) is 6.45. The highest BCUT2D eigenvalue weighted by Gasteiger charge is 2.21. The van der Waals surface area contributed by atoms with Crippen molar-refractivity contribution in [3.8, 4) is 0 Å². The molecule has 2 aromatic carbocycles. The van der Waals surface area contributed by atoms with Crippen molar-refractivity contribution in [2.24, 2.45) is 0 Å². The van der Waals surface area contributed by atoms with E-state index in [1.54, 1.807) is 12.1 Å². The first-order chi connectivity index (χ1) is 12.2. The second-order valence-electron chi connectivity index (χ2n) is 6.32. The normalized spacial score (nSPS) is 18.0. The highest BCUT2D eigenvalue weighted by molar-refractivity contribution is 6.30. The molecule has 0 aromatic heterocycles. The van der Waals surface area contributed by atoms with Gasteiger partial charge in [0.25, 0.3) is 0 Å². The third kappa shape index (κ3) is 5.85. The standard InChI is InChI=1S/C20H23ClN2O2/c21-18-8-6-16(7-9-18)12-20(24)22-13-19-15-23(10-11-25-19)14-17-4-2-1-3-5-17/h1-9,19H,10-15H2,(H,22,24). The molecular weight excluding hydrogens is 336 g/mol. The second-order valence-corrected chi connectivity index (χ2v) is 6.76. The van der Waals surface area contributed by atoms with E-state index in [0.717, 1.165) is 25.2 Å². The van der Waals surface area contributed by atoms with Crippen LogP contribution in [0.25, 0.3) is 0 Å². The summed E-state index contributed by atoms with van der Waals surface area (Å²) in [5, 5.41) is 3.66. The third-order valence-corrected chi connectivity index (χ3v) is 4.53. The lowest BCUT2D eigenvalue weighted by Gasteiger charge is -2.33. The maximum absolute atomic E-state index is 12.1. The number of benzene rings is 2. The Morgan fingerprint density at radius 1 is 1.12 bits per heavy atom. The quantitative estimate of drug-likeness (QED) is 0.863. The minimum Gasteiger partial charge on any atom is -0.374 e. The zero-order chi connectivity index (χ0) is 17.5. The number of halogens is 1. The highest BCUT2D eigenvalue weighted by Crippen LogP contribution is 2.11. The molecule has 1 heterocycles. The van der Waals surface area contributed by atoms with Crippen LogP contribution in [0.4, 0.5) is 0 Å². The Bertz CT molecular complexity index is 676. The van der Waals surface area contributed by atoms with Gasteiger partial charge < -0.3 is 10.1 Å². The fraction of sp³-hybridized carbons (Fsp3) is 0.350. The molecule has 1 atom stereocenters. The lowest BCUT2D eigenvalue weighted by molar-refractivity contribution is -0.121. The summed E-state index contributed by atoms with van der Waals surface area (Å²) in [6, 6.07) is 17.8. The summed E-state index contributed by atoms with van der Waals surface area (Å²) in [7, 11) is 0. The van der Waals surface area contributed by atoms with E-state index in [0.29, 0.717) is 24.6 Å². The van der Waals surface area contributed by atoms with Crippen molar-refractivity contribution in [1.29, 1.82) is 0 Å². The molecule has 132 valence electrons. The fourth-order valence-electron chi connectivity index (χ4n) is 2.97. The molecule has 1 aliphatic rings. The van der Waals surface area contributed by atoms with Crippen LogP contribution in [0.2, 0.25) is 5.02 Å². The summed E-state index contributed by atoms with van der Waals surface area (Å²) >= 11 is 5.86. The number of hydrogen-bond acceptors (Lipinski definition) is 3. The van der Waals surface area contributed by atoms with Crippen molar-refractivity contribution in [2.75, 3.05) is 26.2 Å². The fourth-order valence-corrected chi connectivity index (χ4v) is 3.09. The van der Waals surface area contributed by atoms with Gasteiger partial charge in [0.1, 0.15) is 0 Å². The van der Waals surface area contributed by atoms with Gasteiger partial charge in [-0.05, 0) is 23.3 Å². The van der Waals surface area contributed by atoms with Crippen LogP contribution in [0, 0.1) is 0 Å².